The number of carbonyl (C=O) groups is 2. The van der Waals surface area contributed by atoms with E-state index in [0.29, 0.717) is 52.4 Å². The van der Waals surface area contributed by atoms with Gasteiger partial charge in [0, 0.05) is 64.7 Å². The van der Waals surface area contributed by atoms with Crippen LogP contribution in [-0.2, 0) is 18.7 Å². The molecule has 188 valence electrons. The molecule has 0 bridgehead atoms. The van der Waals surface area contributed by atoms with Crippen molar-refractivity contribution in [2.75, 3.05) is 90.3 Å². The second-order valence-corrected chi connectivity index (χ2v) is 13.4. The highest BCUT2D eigenvalue weighted by Crippen LogP contribution is 2.41. The molecule has 2 unspecified atom stereocenters. The van der Waals surface area contributed by atoms with Crippen molar-refractivity contribution in [1.29, 1.82) is 0 Å². The number of hydrogen-bond acceptors (Lipinski definition) is 8. The molecule has 1 aliphatic heterocycles. The highest BCUT2D eigenvalue weighted by atomic mass is 31.2. The molecule has 12 nitrogen and oxygen atoms in total. The summed E-state index contributed by atoms with van der Waals surface area (Å²) in [6, 6.07) is 0. The number of carboxylic acid groups (broad SMARTS) is 2. The standard InChI is InChI=1S/C18H38N4O8P2/c1-3-31(27,28)15-21-9-5-19(13-17(23)24)7-11-22(16-32(29,30)4-2)12-8-20(6-10-21)14-18(25)26/h3-16H2,1-2H3,(H,23,24)(H,25,26)(H,27,28)(H,29,30). The van der Waals surface area contributed by atoms with Gasteiger partial charge in [-0.3, -0.25) is 38.3 Å². The van der Waals surface area contributed by atoms with Crippen LogP contribution in [0.4, 0.5) is 0 Å². The lowest BCUT2D eigenvalue weighted by Crippen LogP contribution is -2.48. The van der Waals surface area contributed by atoms with Crippen molar-refractivity contribution < 1.29 is 38.7 Å². The maximum atomic E-state index is 12.3. The fraction of sp³-hybridized carbons (Fsp3) is 0.889. The molecule has 14 heteroatoms. The second kappa shape index (κ2) is 13.8. The Morgan fingerprint density at radius 3 is 1.09 bits per heavy atom. The second-order valence-electron chi connectivity index (χ2n) is 8.18. The molecule has 32 heavy (non-hydrogen) atoms. The summed E-state index contributed by atoms with van der Waals surface area (Å²) >= 11 is 0. The largest absolute Gasteiger partial charge is 0.480 e. The Morgan fingerprint density at radius 2 is 0.875 bits per heavy atom. The molecular formula is C18H38N4O8P2. The fourth-order valence-electron chi connectivity index (χ4n) is 3.39. The van der Waals surface area contributed by atoms with Crippen molar-refractivity contribution in [3.05, 3.63) is 0 Å². The van der Waals surface area contributed by atoms with Crippen LogP contribution in [0.15, 0.2) is 0 Å². The molecule has 0 aromatic heterocycles. The normalized spacial score (nSPS) is 22.9. The summed E-state index contributed by atoms with van der Waals surface area (Å²) in [7, 11) is -6.72. The van der Waals surface area contributed by atoms with E-state index in [0.717, 1.165) is 0 Å². The minimum atomic E-state index is -3.36. The van der Waals surface area contributed by atoms with Crippen LogP contribution >= 0.6 is 14.7 Å². The molecule has 1 saturated heterocycles. The Bertz CT molecular complexity index is 636. The first-order valence-electron chi connectivity index (χ1n) is 10.8. The van der Waals surface area contributed by atoms with Gasteiger partial charge in [0.25, 0.3) is 0 Å². The fourth-order valence-corrected chi connectivity index (χ4v) is 5.60. The van der Waals surface area contributed by atoms with E-state index >= 15 is 0 Å². The maximum Gasteiger partial charge on any atom is 0.317 e. The van der Waals surface area contributed by atoms with Gasteiger partial charge in [-0.2, -0.15) is 0 Å². The van der Waals surface area contributed by atoms with Gasteiger partial charge in [-0.25, -0.2) is 0 Å². The first-order valence-corrected chi connectivity index (χ1v) is 14.9. The topological polar surface area (TPSA) is 162 Å². The van der Waals surface area contributed by atoms with Crippen molar-refractivity contribution in [3.63, 3.8) is 0 Å². The maximum absolute atomic E-state index is 12.3. The van der Waals surface area contributed by atoms with Crippen LogP contribution in [0, 0.1) is 0 Å². The molecule has 0 radical (unpaired) electrons. The van der Waals surface area contributed by atoms with Gasteiger partial charge in [0.1, 0.15) is 0 Å². The molecule has 1 fully saturated rings. The highest BCUT2D eigenvalue weighted by molar-refractivity contribution is 7.58. The highest BCUT2D eigenvalue weighted by Gasteiger charge is 2.25. The third-order valence-corrected chi connectivity index (χ3v) is 9.14. The Kier molecular flexibility index (Phi) is 12.6. The van der Waals surface area contributed by atoms with Crippen molar-refractivity contribution >= 4 is 26.7 Å². The van der Waals surface area contributed by atoms with Gasteiger partial charge in [-0.15, -0.1) is 0 Å². The molecule has 0 saturated carbocycles. The predicted octanol–water partition coefficient (Wildman–Crippen LogP) is -0.127. The van der Waals surface area contributed by atoms with Gasteiger partial charge in [0.15, 0.2) is 0 Å². The molecule has 0 aromatic rings. The summed E-state index contributed by atoms with van der Waals surface area (Å²) in [5.74, 6) is -1.99. The predicted molar refractivity (Wildman–Crippen MR) is 122 cm³/mol. The minimum absolute atomic E-state index is 0.0400. The lowest BCUT2D eigenvalue weighted by molar-refractivity contribution is -0.139. The average Bonchev–Trinajstić information content (AvgIpc) is 2.69. The SMILES string of the molecule is CCP(=O)(O)CN1CCN(CC(=O)O)CCN(CP(=O)(O)CC)CCN(CC(=O)O)CC1. The zero-order valence-corrected chi connectivity index (χ0v) is 20.8. The van der Waals surface area contributed by atoms with Crippen LogP contribution < -0.4 is 0 Å². The van der Waals surface area contributed by atoms with Crippen LogP contribution in [0.25, 0.3) is 0 Å². The van der Waals surface area contributed by atoms with Gasteiger partial charge >= 0.3 is 11.9 Å². The monoisotopic (exact) mass is 500 g/mol. The third-order valence-electron chi connectivity index (χ3n) is 5.48. The van der Waals surface area contributed by atoms with Crippen molar-refractivity contribution in [1.82, 2.24) is 19.6 Å². The zero-order chi connectivity index (χ0) is 24.4. The third kappa shape index (κ3) is 12.4. The number of nitrogens with zero attached hydrogens (tertiary/aromatic N) is 4. The van der Waals surface area contributed by atoms with Crippen LogP contribution in [0.1, 0.15) is 13.8 Å². The van der Waals surface area contributed by atoms with Crippen molar-refractivity contribution in [3.8, 4) is 0 Å². The van der Waals surface area contributed by atoms with Crippen LogP contribution in [0.3, 0.4) is 0 Å². The van der Waals surface area contributed by atoms with Gasteiger partial charge in [0.05, 0.1) is 25.7 Å². The van der Waals surface area contributed by atoms with Crippen molar-refractivity contribution in [2.24, 2.45) is 0 Å². The number of rotatable bonds is 10. The van der Waals surface area contributed by atoms with Gasteiger partial charge in [-0.1, -0.05) is 13.8 Å². The summed E-state index contributed by atoms with van der Waals surface area (Å²) in [5.41, 5.74) is 0. The average molecular weight is 500 g/mol. The van der Waals surface area contributed by atoms with E-state index in [-0.39, 0.29) is 38.0 Å². The molecule has 4 N–H and O–H groups in total. The van der Waals surface area contributed by atoms with Crippen LogP contribution in [0.5, 0.6) is 0 Å². The van der Waals surface area contributed by atoms with Crippen LogP contribution in [-0.4, -0.2) is 142 Å². The Hall–Kier alpha value is -0.840. The summed E-state index contributed by atoms with van der Waals surface area (Å²) in [4.78, 5) is 49.8. The summed E-state index contributed by atoms with van der Waals surface area (Å²) < 4.78 is 24.6. The quantitative estimate of drug-likeness (QED) is 0.295. The van der Waals surface area contributed by atoms with E-state index in [4.69, 9.17) is 0 Å². The molecule has 2 atom stereocenters. The summed E-state index contributed by atoms with van der Waals surface area (Å²) in [5, 5.41) is 18.5. The molecule has 1 heterocycles. The first-order chi connectivity index (χ1) is 14.9. The zero-order valence-electron chi connectivity index (χ0n) is 19.0. The minimum Gasteiger partial charge on any atom is -0.480 e. The summed E-state index contributed by atoms with van der Waals surface area (Å²) in [6.45, 7) is 5.63. The lowest BCUT2D eigenvalue weighted by atomic mass is 10.3. The van der Waals surface area contributed by atoms with Gasteiger partial charge in [0.2, 0.25) is 14.7 Å². The summed E-state index contributed by atoms with van der Waals surface area (Å²) in [6.07, 6.45) is 0.160. The van der Waals surface area contributed by atoms with Crippen LogP contribution in [0.2, 0.25) is 0 Å². The Balaban J connectivity index is 3.05. The van der Waals surface area contributed by atoms with Crippen molar-refractivity contribution in [2.45, 2.75) is 13.8 Å². The van der Waals surface area contributed by atoms with E-state index in [2.05, 4.69) is 0 Å². The molecule has 1 rings (SSSR count). The number of aliphatic carboxylic acids is 2. The van der Waals surface area contributed by atoms with E-state index in [9.17, 15) is 38.7 Å². The molecule has 0 aromatic carbocycles. The molecule has 0 aliphatic carbocycles. The lowest BCUT2D eigenvalue weighted by Gasteiger charge is -2.34. The van der Waals surface area contributed by atoms with E-state index in [1.165, 1.54) is 0 Å². The van der Waals surface area contributed by atoms with Gasteiger partial charge in [-0.05, 0) is 0 Å². The van der Waals surface area contributed by atoms with Gasteiger partial charge < -0.3 is 20.0 Å². The van der Waals surface area contributed by atoms with E-state index in [1.54, 1.807) is 33.4 Å². The number of hydrogen-bond donors (Lipinski definition) is 4. The Labute approximate surface area is 189 Å². The van der Waals surface area contributed by atoms with E-state index < -0.39 is 26.7 Å². The Morgan fingerprint density at radius 1 is 0.625 bits per heavy atom. The molecule has 1 aliphatic rings. The molecular weight excluding hydrogens is 462 g/mol. The first kappa shape index (κ1) is 29.2. The smallest absolute Gasteiger partial charge is 0.317 e. The number of carboxylic acids is 2. The molecule has 0 spiro atoms. The van der Waals surface area contributed by atoms with E-state index in [1.807, 2.05) is 0 Å². The molecule has 0 amide bonds.